The summed E-state index contributed by atoms with van der Waals surface area (Å²) in [6, 6.07) is 8.11. The molecule has 0 unspecified atom stereocenters. The first-order valence-corrected chi connectivity index (χ1v) is 8.42. The number of anilines is 1. The van der Waals surface area contributed by atoms with Crippen molar-refractivity contribution in [2.45, 2.75) is 11.1 Å². The number of nitrogens with zero attached hydrogens (tertiary/aromatic N) is 1. The first-order chi connectivity index (χ1) is 9.89. The summed E-state index contributed by atoms with van der Waals surface area (Å²) in [5, 5.41) is 9.10. The Balaban J connectivity index is 2.49. The minimum absolute atomic E-state index is 0.0831. The fourth-order valence-corrected chi connectivity index (χ4v) is 4.45. The zero-order valence-electron chi connectivity index (χ0n) is 11.2. The number of thiophene rings is 1. The van der Waals surface area contributed by atoms with E-state index in [0.717, 1.165) is 11.3 Å². The Kier molecular flexibility index (Phi) is 4.42. The molecular formula is C13H11ClN2O3S2. The highest BCUT2D eigenvalue weighted by atomic mass is 35.5. The first-order valence-electron chi connectivity index (χ1n) is 5.75. The van der Waals surface area contributed by atoms with Gasteiger partial charge in [-0.2, -0.15) is 5.26 Å². The van der Waals surface area contributed by atoms with Crippen molar-refractivity contribution < 1.29 is 13.2 Å². The predicted molar refractivity (Wildman–Crippen MR) is 82.6 cm³/mol. The maximum Gasteiger partial charge on any atom is 0.271 e. The predicted octanol–water partition coefficient (Wildman–Crippen LogP) is 3.39. The summed E-state index contributed by atoms with van der Waals surface area (Å²) in [5.74, 6) is 0.275. The molecule has 0 spiro atoms. The number of methoxy groups -OCH3 is 1. The summed E-state index contributed by atoms with van der Waals surface area (Å²) in [4.78, 5) is 0. The smallest absolute Gasteiger partial charge is 0.271 e. The van der Waals surface area contributed by atoms with Crippen molar-refractivity contribution in [2.24, 2.45) is 0 Å². The van der Waals surface area contributed by atoms with Gasteiger partial charge in [-0.3, -0.25) is 4.72 Å². The fraction of sp³-hybridized carbons (Fsp3) is 0.154. The molecule has 0 atom stereocenters. The van der Waals surface area contributed by atoms with Gasteiger partial charge in [0.25, 0.3) is 10.0 Å². The highest BCUT2D eigenvalue weighted by Gasteiger charge is 2.22. The fourth-order valence-electron chi connectivity index (χ4n) is 1.65. The number of rotatable bonds is 4. The molecule has 0 bridgehead atoms. The summed E-state index contributed by atoms with van der Waals surface area (Å²) >= 11 is 6.86. The summed E-state index contributed by atoms with van der Waals surface area (Å²) in [5.41, 5.74) is 0.976. The zero-order valence-corrected chi connectivity index (χ0v) is 13.6. The molecule has 0 aliphatic carbocycles. The van der Waals surface area contributed by atoms with Crippen LogP contribution in [0.5, 0.6) is 5.75 Å². The number of hydrogen-bond acceptors (Lipinski definition) is 5. The van der Waals surface area contributed by atoms with Gasteiger partial charge in [-0.15, -0.1) is 11.3 Å². The van der Waals surface area contributed by atoms with Crippen LogP contribution in [0.25, 0.3) is 0 Å². The number of ether oxygens (including phenoxy) is 1. The molecule has 0 saturated carbocycles. The molecule has 8 heteroatoms. The van der Waals surface area contributed by atoms with Crippen molar-refractivity contribution in [2.75, 3.05) is 11.8 Å². The van der Waals surface area contributed by atoms with Crippen LogP contribution in [-0.4, -0.2) is 15.5 Å². The quantitative estimate of drug-likeness (QED) is 0.923. The average Bonchev–Trinajstić information content (AvgIpc) is 2.79. The molecule has 0 fully saturated rings. The Morgan fingerprint density at radius 3 is 2.67 bits per heavy atom. The Morgan fingerprint density at radius 1 is 1.43 bits per heavy atom. The molecule has 2 rings (SSSR count). The van der Waals surface area contributed by atoms with Gasteiger partial charge in [0.15, 0.2) is 0 Å². The van der Waals surface area contributed by atoms with Crippen molar-refractivity contribution >= 4 is 38.6 Å². The van der Waals surface area contributed by atoms with E-state index < -0.39 is 10.0 Å². The van der Waals surface area contributed by atoms with E-state index in [1.54, 1.807) is 19.1 Å². The minimum Gasteiger partial charge on any atom is -0.495 e. The second-order valence-electron chi connectivity index (χ2n) is 4.12. The van der Waals surface area contributed by atoms with E-state index in [2.05, 4.69) is 4.72 Å². The molecule has 1 heterocycles. The molecule has 110 valence electrons. The Hall–Kier alpha value is -1.75. The van der Waals surface area contributed by atoms with E-state index in [1.165, 1.54) is 19.2 Å². The Labute approximate surface area is 131 Å². The van der Waals surface area contributed by atoms with Gasteiger partial charge in [0.1, 0.15) is 21.7 Å². The average molecular weight is 343 g/mol. The van der Waals surface area contributed by atoms with Crippen LogP contribution < -0.4 is 9.46 Å². The summed E-state index contributed by atoms with van der Waals surface area (Å²) in [6.45, 7) is 1.72. The van der Waals surface area contributed by atoms with Crippen LogP contribution in [0.2, 0.25) is 4.34 Å². The maximum atomic E-state index is 12.4. The van der Waals surface area contributed by atoms with E-state index >= 15 is 0 Å². The van der Waals surface area contributed by atoms with Crippen LogP contribution in [0.15, 0.2) is 28.5 Å². The van der Waals surface area contributed by atoms with Gasteiger partial charge in [-0.25, -0.2) is 8.42 Å². The van der Waals surface area contributed by atoms with Gasteiger partial charge in [-0.1, -0.05) is 17.7 Å². The second kappa shape index (κ2) is 5.93. The molecule has 0 amide bonds. The molecule has 0 saturated heterocycles. The van der Waals surface area contributed by atoms with E-state index in [1.807, 2.05) is 6.07 Å². The van der Waals surface area contributed by atoms with Crippen LogP contribution >= 0.6 is 22.9 Å². The van der Waals surface area contributed by atoms with Crippen molar-refractivity contribution in [3.05, 3.63) is 39.7 Å². The monoisotopic (exact) mass is 342 g/mol. The molecule has 2 aromatic rings. The third-order valence-corrected chi connectivity index (χ3v) is 6.08. The van der Waals surface area contributed by atoms with Crippen LogP contribution in [0.3, 0.4) is 0 Å². The second-order valence-corrected chi connectivity index (χ2v) is 7.69. The van der Waals surface area contributed by atoms with Crippen LogP contribution in [0.4, 0.5) is 5.69 Å². The van der Waals surface area contributed by atoms with E-state index in [0.29, 0.717) is 9.90 Å². The van der Waals surface area contributed by atoms with Crippen LogP contribution in [0, 0.1) is 18.3 Å². The molecule has 0 aliphatic heterocycles. The number of nitriles is 1. The number of nitrogens with one attached hydrogen (secondary N) is 1. The Bertz CT molecular complexity index is 803. The molecular weight excluding hydrogens is 332 g/mol. The van der Waals surface area contributed by atoms with E-state index in [9.17, 15) is 8.42 Å². The number of para-hydroxylation sites is 1. The standard InChI is InChI=1S/C13H11ClN2O3S2/c1-8-6-11(20-13(8)14)21(17,18)16-12-9(7-15)4-3-5-10(12)19-2/h3-6,16H,1-2H3. The molecule has 0 aliphatic rings. The molecule has 21 heavy (non-hydrogen) atoms. The number of aryl methyl sites for hydroxylation is 1. The van der Waals surface area contributed by atoms with Crippen LogP contribution in [-0.2, 0) is 10.0 Å². The maximum absolute atomic E-state index is 12.4. The van der Waals surface area contributed by atoms with Crippen LogP contribution in [0.1, 0.15) is 11.1 Å². The molecule has 1 N–H and O–H groups in total. The molecule has 0 radical (unpaired) electrons. The van der Waals surface area contributed by atoms with Crippen molar-refractivity contribution in [3.63, 3.8) is 0 Å². The summed E-state index contributed by atoms with van der Waals surface area (Å²) < 4.78 is 32.7. The lowest BCUT2D eigenvalue weighted by atomic mass is 10.2. The third kappa shape index (κ3) is 3.13. The van der Waals surface area contributed by atoms with Crippen molar-refractivity contribution in [1.29, 1.82) is 5.26 Å². The lowest BCUT2D eigenvalue weighted by molar-refractivity contribution is 0.417. The number of halogens is 1. The normalized spacial score (nSPS) is 11.0. The van der Waals surface area contributed by atoms with Crippen molar-refractivity contribution in [1.82, 2.24) is 0 Å². The van der Waals surface area contributed by atoms with Gasteiger partial charge in [-0.05, 0) is 30.7 Å². The summed E-state index contributed by atoms with van der Waals surface area (Å²) in [6.07, 6.45) is 0. The van der Waals surface area contributed by atoms with Gasteiger partial charge < -0.3 is 4.74 Å². The van der Waals surface area contributed by atoms with E-state index in [-0.39, 0.29) is 21.2 Å². The van der Waals surface area contributed by atoms with Gasteiger partial charge >= 0.3 is 0 Å². The van der Waals surface area contributed by atoms with Gasteiger partial charge in [0.2, 0.25) is 0 Å². The SMILES string of the molecule is COc1cccc(C#N)c1NS(=O)(=O)c1cc(C)c(Cl)s1. The van der Waals surface area contributed by atoms with Gasteiger partial charge in [0, 0.05) is 0 Å². The highest BCUT2D eigenvalue weighted by Crippen LogP contribution is 2.34. The highest BCUT2D eigenvalue weighted by molar-refractivity contribution is 7.94. The molecule has 1 aromatic carbocycles. The first kappa shape index (κ1) is 15.6. The molecule has 1 aromatic heterocycles. The van der Waals surface area contributed by atoms with Crippen molar-refractivity contribution in [3.8, 4) is 11.8 Å². The Morgan fingerprint density at radius 2 is 2.14 bits per heavy atom. The molecule has 5 nitrogen and oxygen atoms in total. The largest absolute Gasteiger partial charge is 0.495 e. The number of sulfonamides is 1. The summed E-state index contributed by atoms with van der Waals surface area (Å²) in [7, 11) is -2.42. The third-order valence-electron chi connectivity index (χ3n) is 2.70. The minimum atomic E-state index is -3.83. The zero-order chi connectivity index (χ0) is 15.6. The van der Waals surface area contributed by atoms with E-state index in [4.69, 9.17) is 21.6 Å². The number of hydrogen-bond donors (Lipinski definition) is 1. The lowest BCUT2D eigenvalue weighted by Gasteiger charge is -2.12. The number of benzene rings is 1. The van der Waals surface area contributed by atoms with Gasteiger partial charge in [0.05, 0.1) is 17.0 Å². The topological polar surface area (TPSA) is 79.2 Å². The lowest BCUT2D eigenvalue weighted by Crippen LogP contribution is -2.13.